The highest BCUT2D eigenvalue weighted by Gasteiger charge is 2.18. The van der Waals surface area contributed by atoms with Crippen molar-refractivity contribution in [2.24, 2.45) is 0 Å². The molecule has 2 rings (SSSR count). The second-order valence-corrected chi connectivity index (χ2v) is 7.29. The lowest BCUT2D eigenvalue weighted by Gasteiger charge is -2.13. The summed E-state index contributed by atoms with van der Waals surface area (Å²) in [5.74, 6) is 2.36. The van der Waals surface area contributed by atoms with Gasteiger partial charge in [0.05, 0.1) is 17.1 Å². The van der Waals surface area contributed by atoms with Gasteiger partial charge in [-0.3, -0.25) is 0 Å². The number of urea groups is 1. The standard InChI is InChI=1S/C14H17N3OS2/c1-10(5-6-15)16-14(18)17-12-4-2-3-11(9-12)13-19-7-8-20-13/h2-4,9-10,13H,5,7-8H2,1H3,(H2,16,17,18)/t10-/m1/s1. The van der Waals surface area contributed by atoms with Crippen molar-refractivity contribution in [3.05, 3.63) is 29.8 Å². The molecule has 1 fully saturated rings. The van der Waals surface area contributed by atoms with E-state index in [2.05, 4.69) is 16.7 Å². The van der Waals surface area contributed by atoms with E-state index >= 15 is 0 Å². The molecule has 6 heteroatoms. The predicted molar refractivity (Wildman–Crippen MR) is 85.9 cm³/mol. The maximum absolute atomic E-state index is 11.8. The van der Waals surface area contributed by atoms with E-state index in [1.54, 1.807) is 0 Å². The molecule has 0 bridgehead atoms. The Labute approximate surface area is 127 Å². The van der Waals surface area contributed by atoms with Crippen molar-refractivity contribution in [1.82, 2.24) is 5.32 Å². The number of hydrogen-bond acceptors (Lipinski definition) is 4. The molecule has 1 aliphatic heterocycles. The van der Waals surface area contributed by atoms with Crippen LogP contribution in [0.15, 0.2) is 24.3 Å². The predicted octanol–water partition coefficient (Wildman–Crippen LogP) is 3.59. The molecule has 1 saturated heterocycles. The smallest absolute Gasteiger partial charge is 0.319 e. The normalized spacial score (nSPS) is 16.4. The van der Waals surface area contributed by atoms with E-state index in [4.69, 9.17) is 5.26 Å². The molecule has 0 saturated carbocycles. The highest BCUT2D eigenvalue weighted by atomic mass is 32.2. The van der Waals surface area contributed by atoms with Crippen LogP contribution in [0.2, 0.25) is 0 Å². The lowest BCUT2D eigenvalue weighted by Crippen LogP contribution is -2.35. The molecule has 0 aromatic heterocycles. The van der Waals surface area contributed by atoms with Crippen molar-refractivity contribution in [3.63, 3.8) is 0 Å². The number of benzene rings is 1. The summed E-state index contributed by atoms with van der Waals surface area (Å²) in [6.45, 7) is 1.81. The molecule has 0 aliphatic carbocycles. The van der Waals surface area contributed by atoms with Gasteiger partial charge in [0.25, 0.3) is 0 Å². The average Bonchev–Trinajstić information content (AvgIpc) is 2.92. The van der Waals surface area contributed by atoms with E-state index in [9.17, 15) is 4.79 Å². The summed E-state index contributed by atoms with van der Waals surface area (Å²) in [5, 5.41) is 14.1. The first kappa shape index (κ1) is 15.1. The van der Waals surface area contributed by atoms with Crippen LogP contribution in [-0.4, -0.2) is 23.6 Å². The van der Waals surface area contributed by atoms with Gasteiger partial charge in [-0.05, 0) is 24.6 Å². The largest absolute Gasteiger partial charge is 0.334 e. The van der Waals surface area contributed by atoms with Crippen molar-refractivity contribution < 1.29 is 4.79 Å². The summed E-state index contributed by atoms with van der Waals surface area (Å²) >= 11 is 3.88. The number of nitrogens with zero attached hydrogens (tertiary/aromatic N) is 1. The molecule has 20 heavy (non-hydrogen) atoms. The number of nitriles is 1. The number of rotatable bonds is 4. The van der Waals surface area contributed by atoms with Crippen LogP contribution >= 0.6 is 23.5 Å². The summed E-state index contributed by atoms with van der Waals surface area (Å²) in [5.41, 5.74) is 2.03. The fourth-order valence-corrected chi connectivity index (χ4v) is 4.73. The van der Waals surface area contributed by atoms with E-state index in [1.165, 1.54) is 17.1 Å². The fourth-order valence-electron chi connectivity index (χ4n) is 1.89. The van der Waals surface area contributed by atoms with Crippen LogP contribution in [0, 0.1) is 11.3 Å². The first-order valence-corrected chi connectivity index (χ1v) is 8.56. The lowest BCUT2D eigenvalue weighted by atomic mass is 10.2. The number of thioether (sulfide) groups is 2. The Hall–Kier alpha value is -1.32. The molecule has 1 heterocycles. The highest BCUT2D eigenvalue weighted by Crippen LogP contribution is 2.45. The Morgan fingerprint density at radius 1 is 1.50 bits per heavy atom. The van der Waals surface area contributed by atoms with Crippen LogP contribution in [0.1, 0.15) is 23.5 Å². The monoisotopic (exact) mass is 307 g/mol. The molecule has 1 atom stereocenters. The van der Waals surface area contributed by atoms with E-state index in [-0.39, 0.29) is 12.1 Å². The zero-order chi connectivity index (χ0) is 14.4. The van der Waals surface area contributed by atoms with E-state index in [1.807, 2.05) is 54.7 Å². The van der Waals surface area contributed by atoms with Gasteiger partial charge in [0.15, 0.2) is 0 Å². The Morgan fingerprint density at radius 3 is 2.95 bits per heavy atom. The lowest BCUT2D eigenvalue weighted by molar-refractivity contribution is 0.249. The minimum Gasteiger partial charge on any atom is -0.334 e. The molecule has 1 aliphatic rings. The number of carbonyl (C=O) groups is 1. The van der Waals surface area contributed by atoms with Gasteiger partial charge in [0.2, 0.25) is 0 Å². The quantitative estimate of drug-likeness (QED) is 0.892. The van der Waals surface area contributed by atoms with Crippen molar-refractivity contribution in [2.75, 3.05) is 16.8 Å². The summed E-state index contributed by atoms with van der Waals surface area (Å²) in [6, 6.07) is 9.57. The number of carbonyl (C=O) groups excluding carboxylic acids is 1. The SMILES string of the molecule is C[C@H](CC#N)NC(=O)Nc1cccc(C2SCCS2)c1. The van der Waals surface area contributed by atoms with Gasteiger partial charge in [0, 0.05) is 23.2 Å². The number of hydrogen-bond donors (Lipinski definition) is 2. The summed E-state index contributed by atoms with van der Waals surface area (Å²) in [7, 11) is 0. The van der Waals surface area contributed by atoms with E-state index in [0.29, 0.717) is 11.0 Å². The van der Waals surface area contributed by atoms with Gasteiger partial charge in [-0.2, -0.15) is 5.26 Å². The number of amides is 2. The van der Waals surface area contributed by atoms with Gasteiger partial charge in [-0.25, -0.2) is 4.79 Å². The fraction of sp³-hybridized carbons (Fsp3) is 0.429. The third-order valence-corrected chi connectivity index (χ3v) is 5.92. The van der Waals surface area contributed by atoms with Crippen LogP contribution in [0.5, 0.6) is 0 Å². The molecule has 106 valence electrons. The zero-order valence-corrected chi connectivity index (χ0v) is 12.9. The molecule has 2 amide bonds. The summed E-state index contributed by atoms with van der Waals surface area (Å²) in [6.07, 6.45) is 0.308. The van der Waals surface area contributed by atoms with Crippen LogP contribution in [0.25, 0.3) is 0 Å². The van der Waals surface area contributed by atoms with Crippen LogP contribution in [-0.2, 0) is 0 Å². The number of anilines is 1. The number of nitrogens with one attached hydrogen (secondary N) is 2. The average molecular weight is 307 g/mol. The van der Waals surface area contributed by atoms with E-state index < -0.39 is 0 Å². The third-order valence-electron chi connectivity index (χ3n) is 2.81. The molecule has 0 unspecified atom stereocenters. The van der Waals surface area contributed by atoms with Crippen LogP contribution < -0.4 is 10.6 Å². The van der Waals surface area contributed by atoms with Crippen molar-refractivity contribution >= 4 is 35.2 Å². The molecule has 1 aromatic carbocycles. The van der Waals surface area contributed by atoms with Gasteiger partial charge in [-0.15, -0.1) is 23.5 Å². The Bertz CT molecular complexity index is 509. The topological polar surface area (TPSA) is 64.9 Å². The molecule has 2 N–H and O–H groups in total. The molecule has 1 aromatic rings. The minimum atomic E-state index is -0.267. The van der Waals surface area contributed by atoms with Crippen molar-refractivity contribution in [3.8, 4) is 6.07 Å². The zero-order valence-electron chi connectivity index (χ0n) is 11.3. The maximum atomic E-state index is 11.8. The van der Waals surface area contributed by atoms with Crippen molar-refractivity contribution in [1.29, 1.82) is 5.26 Å². The first-order valence-electron chi connectivity index (χ1n) is 6.46. The Morgan fingerprint density at radius 2 is 2.25 bits per heavy atom. The first-order chi connectivity index (χ1) is 9.69. The third kappa shape index (κ3) is 4.36. The van der Waals surface area contributed by atoms with Gasteiger partial charge < -0.3 is 10.6 Å². The molecular formula is C14H17N3OS2. The van der Waals surface area contributed by atoms with Crippen LogP contribution in [0.3, 0.4) is 0 Å². The highest BCUT2D eigenvalue weighted by molar-refractivity contribution is 8.19. The van der Waals surface area contributed by atoms with Crippen molar-refractivity contribution in [2.45, 2.75) is 24.0 Å². The van der Waals surface area contributed by atoms with Crippen LogP contribution in [0.4, 0.5) is 10.5 Å². The maximum Gasteiger partial charge on any atom is 0.319 e. The van der Waals surface area contributed by atoms with Gasteiger partial charge in [-0.1, -0.05) is 12.1 Å². The Balaban J connectivity index is 1.94. The second kappa shape index (κ2) is 7.46. The summed E-state index contributed by atoms with van der Waals surface area (Å²) in [4.78, 5) is 11.8. The summed E-state index contributed by atoms with van der Waals surface area (Å²) < 4.78 is 0.470. The van der Waals surface area contributed by atoms with E-state index in [0.717, 1.165) is 5.69 Å². The molecule has 0 spiro atoms. The molecular weight excluding hydrogens is 290 g/mol. The minimum absolute atomic E-state index is 0.149. The van der Waals surface area contributed by atoms with Gasteiger partial charge in [0.1, 0.15) is 0 Å². The van der Waals surface area contributed by atoms with Gasteiger partial charge >= 0.3 is 6.03 Å². The molecule has 0 radical (unpaired) electrons. The Kier molecular flexibility index (Phi) is 5.62. The second-order valence-electron chi connectivity index (χ2n) is 4.56. The molecule has 4 nitrogen and oxygen atoms in total.